The molecule has 0 aromatic rings. The highest BCUT2D eigenvalue weighted by molar-refractivity contribution is 5.93. The Morgan fingerprint density at radius 3 is 2.92 bits per heavy atom. The van der Waals surface area contributed by atoms with E-state index in [1.54, 1.807) is 6.08 Å². The molecule has 0 radical (unpaired) electrons. The van der Waals surface area contributed by atoms with Gasteiger partial charge in [0.15, 0.2) is 5.78 Å². The second-order valence-corrected chi connectivity index (χ2v) is 3.31. The van der Waals surface area contributed by atoms with Gasteiger partial charge < -0.3 is 0 Å². The molecule has 0 unspecified atom stereocenters. The van der Waals surface area contributed by atoms with Crippen molar-refractivity contribution in [2.45, 2.75) is 26.7 Å². The smallest absolute Gasteiger partial charge is 0.159 e. The summed E-state index contributed by atoms with van der Waals surface area (Å²) in [4.78, 5) is 11.0. The number of hydrogen-bond donors (Lipinski definition) is 0. The maximum absolute atomic E-state index is 11.0. The highest BCUT2D eigenvalue weighted by Crippen LogP contribution is 2.14. The Kier molecular flexibility index (Phi) is 3.03. The first kappa shape index (κ1) is 8.98. The second-order valence-electron chi connectivity index (χ2n) is 3.31. The molecule has 1 rings (SSSR count). The third-order valence-electron chi connectivity index (χ3n) is 1.79. The predicted molar refractivity (Wildman–Crippen MR) is 50.9 cm³/mol. The van der Waals surface area contributed by atoms with Gasteiger partial charge in [-0.05, 0) is 26.3 Å². The molecule has 0 aromatic carbocycles. The van der Waals surface area contributed by atoms with Gasteiger partial charge in [0, 0.05) is 6.42 Å². The van der Waals surface area contributed by atoms with E-state index in [9.17, 15) is 4.79 Å². The number of allylic oxidation sites excluding steroid dienone is 6. The molecule has 0 spiro atoms. The van der Waals surface area contributed by atoms with Crippen molar-refractivity contribution in [2.75, 3.05) is 0 Å². The molecule has 1 aliphatic rings. The summed E-state index contributed by atoms with van der Waals surface area (Å²) in [6.07, 6.45) is 9.16. The zero-order valence-electron chi connectivity index (χ0n) is 7.63. The molecule has 0 saturated heterocycles. The van der Waals surface area contributed by atoms with Crippen molar-refractivity contribution in [1.82, 2.24) is 0 Å². The molecule has 0 aliphatic heterocycles. The van der Waals surface area contributed by atoms with E-state index in [-0.39, 0.29) is 5.78 Å². The van der Waals surface area contributed by atoms with Crippen molar-refractivity contribution in [2.24, 2.45) is 0 Å². The lowest BCUT2D eigenvalue weighted by atomic mass is 10.0. The fourth-order valence-corrected chi connectivity index (χ4v) is 1.11. The number of carbonyl (C=O) groups is 1. The van der Waals surface area contributed by atoms with Crippen molar-refractivity contribution in [3.8, 4) is 0 Å². The lowest BCUT2D eigenvalue weighted by Crippen LogP contribution is -1.98. The highest BCUT2D eigenvalue weighted by atomic mass is 16.1. The largest absolute Gasteiger partial charge is 0.294 e. The molecule has 64 valence electrons. The second kappa shape index (κ2) is 4.05. The first-order valence-electron chi connectivity index (χ1n) is 4.21. The standard InChI is InChI=1S/C11H14O/c1-9(2)6-7-10-4-3-5-11(12)8-10/h3-6H,7-8H2,1-2H3. The van der Waals surface area contributed by atoms with Gasteiger partial charge in [0.1, 0.15) is 0 Å². The van der Waals surface area contributed by atoms with E-state index in [0.29, 0.717) is 6.42 Å². The van der Waals surface area contributed by atoms with Gasteiger partial charge in [-0.25, -0.2) is 0 Å². The molecule has 12 heavy (non-hydrogen) atoms. The lowest BCUT2D eigenvalue weighted by Gasteiger charge is -2.04. The van der Waals surface area contributed by atoms with E-state index in [1.807, 2.05) is 12.2 Å². The van der Waals surface area contributed by atoms with Crippen molar-refractivity contribution < 1.29 is 4.79 Å². The van der Waals surface area contributed by atoms with Gasteiger partial charge in [-0.2, -0.15) is 0 Å². The zero-order valence-corrected chi connectivity index (χ0v) is 7.63. The summed E-state index contributed by atoms with van der Waals surface area (Å²) < 4.78 is 0. The van der Waals surface area contributed by atoms with E-state index in [1.165, 1.54) is 11.1 Å². The zero-order chi connectivity index (χ0) is 8.97. The van der Waals surface area contributed by atoms with Crippen LogP contribution in [0.4, 0.5) is 0 Å². The molecule has 1 heteroatoms. The Balaban J connectivity index is 2.54. The van der Waals surface area contributed by atoms with Crippen LogP contribution in [0, 0.1) is 0 Å². The summed E-state index contributed by atoms with van der Waals surface area (Å²) in [5.41, 5.74) is 2.52. The monoisotopic (exact) mass is 162 g/mol. The van der Waals surface area contributed by atoms with Crippen LogP contribution >= 0.6 is 0 Å². The lowest BCUT2D eigenvalue weighted by molar-refractivity contribution is -0.114. The minimum atomic E-state index is 0.217. The molecular formula is C11H14O. The Labute approximate surface area is 73.5 Å². The van der Waals surface area contributed by atoms with Crippen LogP contribution < -0.4 is 0 Å². The highest BCUT2D eigenvalue weighted by Gasteiger charge is 2.04. The molecule has 1 nitrogen and oxygen atoms in total. The number of ketones is 1. The van der Waals surface area contributed by atoms with Gasteiger partial charge in [0.25, 0.3) is 0 Å². The van der Waals surface area contributed by atoms with Gasteiger partial charge in [-0.15, -0.1) is 0 Å². The van der Waals surface area contributed by atoms with Crippen LogP contribution in [0.5, 0.6) is 0 Å². The molecule has 0 amide bonds. The summed E-state index contributed by atoms with van der Waals surface area (Å²) in [6, 6.07) is 0. The van der Waals surface area contributed by atoms with Crippen LogP contribution in [0.3, 0.4) is 0 Å². The SMILES string of the molecule is CC(C)=CCC1=CC=CC(=O)C1. The molecule has 0 fully saturated rings. The summed E-state index contributed by atoms with van der Waals surface area (Å²) in [6.45, 7) is 4.14. The average Bonchev–Trinajstić information content (AvgIpc) is 2.01. The molecule has 0 aromatic heterocycles. The van der Waals surface area contributed by atoms with E-state index in [4.69, 9.17) is 0 Å². The molecule has 0 bridgehead atoms. The minimum absolute atomic E-state index is 0.217. The topological polar surface area (TPSA) is 17.1 Å². The maximum atomic E-state index is 11.0. The molecule has 0 atom stereocenters. The van der Waals surface area contributed by atoms with Gasteiger partial charge in [0.2, 0.25) is 0 Å². The molecule has 0 N–H and O–H groups in total. The van der Waals surface area contributed by atoms with Crippen LogP contribution in [0.25, 0.3) is 0 Å². The van der Waals surface area contributed by atoms with Crippen molar-refractivity contribution in [3.63, 3.8) is 0 Å². The molecular weight excluding hydrogens is 148 g/mol. The Morgan fingerprint density at radius 2 is 2.33 bits per heavy atom. The maximum Gasteiger partial charge on any atom is 0.159 e. The quantitative estimate of drug-likeness (QED) is 0.570. The fraction of sp³-hybridized carbons (Fsp3) is 0.364. The Bertz CT molecular complexity index is 263. The first-order valence-corrected chi connectivity index (χ1v) is 4.21. The first-order chi connectivity index (χ1) is 5.68. The van der Waals surface area contributed by atoms with Crippen LogP contribution in [-0.2, 0) is 4.79 Å². The van der Waals surface area contributed by atoms with E-state index in [0.717, 1.165) is 6.42 Å². The van der Waals surface area contributed by atoms with Crippen molar-refractivity contribution in [1.29, 1.82) is 0 Å². The normalized spacial score (nSPS) is 15.8. The van der Waals surface area contributed by atoms with E-state index >= 15 is 0 Å². The van der Waals surface area contributed by atoms with Gasteiger partial charge >= 0.3 is 0 Å². The van der Waals surface area contributed by atoms with Crippen LogP contribution in [0.1, 0.15) is 26.7 Å². The Morgan fingerprint density at radius 1 is 1.58 bits per heavy atom. The van der Waals surface area contributed by atoms with Gasteiger partial charge in [-0.3, -0.25) is 4.79 Å². The predicted octanol–water partition coefficient (Wildman–Crippen LogP) is 2.80. The summed E-state index contributed by atoms with van der Waals surface area (Å²) >= 11 is 0. The summed E-state index contributed by atoms with van der Waals surface area (Å²) in [5.74, 6) is 0.217. The molecule has 1 aliphatic carbocycles. The fourth-order valence-electron chi connectivity index (χ4n) is 1.11. The van der Waals surface area contributed by atoms with Gasteiger partial charge in [-0.1, -0.05) is 29.4 Å². The van der Waals surface area contributed by atoms with Crippen molar-refractivity contribution >= 4 is 5.78 Å². The number of rotatable bonds is 2. The average molecular weight is 162 g/mol. The third-order valence-corrected chi connectivity index (χ3v) is 1.79. The van der Waals surface area contributed by atoms with Crippen LogP contribution in [0.15, 0.2) is 35.5 Å². The third kappa shape index (κ3) is 2.87. The van der Waals surface area contributed by atoms with Gasteiger partial charge in [0.05, 0.1) is 0 Å². The van der Waals surface area contributed by atoms with Crippen molar-refractivity contribution in [3.05, 3.63) is 35.5 Å². The number of hydrogen-bond acceptors (Lipinski definition) is 1. The minimum Gasteiger partial charge on any atom is -0.294 e. The summed E-state index contributed by atoms with van der Waals surface area (Å²) in [5, 5.41) is 0. The van der Waals surface area contributed by atoms with E-state index in [2.05, 4.69) is 19.9 Å². The summed E-state index contributed by atoms with van der Waals surface area (Å²) in [7, 11) is 0. The van der Waals surface area contributed by atoms with Crippen LogP contribution in [-0.4, -0.2) is 5.78 Å². The Hall–Kier alpha value is -1.11. The molecule has 0 saturated carbocycles. The van der Waals surface area contributed by atoms with E-state index < -0.39 is 0 Å². The molecule has 0 heterocycles. The van der Waals surface area contributed by atoms with Crippen LogP contribution in [0.2, 0.25) is 0 Å². The number of carbonyl (C=O) groups excluding carboxylic acids is 1.